The van der Waals surface area contributed by atoms with Crippen molar-refractivity contribution in [2.24, 2.45) is 10.9 Å². The highest BCUT2D eigenvalue weighted by molar-refractivity contribution is 5.72. The van der Waals surface area contributed by atoms with Gasteiger partial charge in [0.2, 0.25) is 0 Å². The Balaban J connectivity index is 0.00000200. The zero-order chi connectivity index (χ0) is 13.9. The van der Waals surface area contributed by atoms with Crippen molar-refractivity contribution in [2.45, 2.75) is 52.8 Å². The highest BCUT2D eigenvalue weighted by atomic mass is 16.6. The summed E-state index contributed by atoms with van der Waals surface area (Å²) < 4.78 is 5.39. The molecule has 5 nitrogen and oxygen atoms in total. The number of allylic oxidation sites excluding steroid dienone is 1. The van der Waals surface area contributed by atoms with E-state index in [0.29, 0.717) is 5.92 Å². The molecule has 0 aromatic carbocycles. The Bertz CT molecular complexity index is 377. The smallest absolute Gasteiger partial charge is 0.410 e. The first kappa shape index (κ1) is 16.5. The summed E-state index contributed by atoms with van der Waals surface area (Å²) in [6, 6.07) is 0. The maximum Gasteiger partial charge on any atom is 0.410 e. The summed E-state index contributed by atoms with van der Waals surface area (Å²) >= 11 is 0. The Morgan fingerprint density at radius 2 is 2.00 bits per heavy atom. The molecule has 2 rings (SSSR count). The molecule has 1 N–H and O–H groups in total. The van der Waals surface area contributed by atoms with E-state index in [1.165, 1.54) is 0 Å². The van der Waals surface area contributed by atoms with Gasteiger partial charge in [0, 0.05) is 25.2 Å². The van der Waals surface area contributed by atoms with Crippen molar-refractivity contribution >= 4 is 12.3 Å². The minimum Gasteiger partial charge on any atom is -0.444 e. The van der Waals surface area contributed by atoms with E-state index in [2.05, 4.69) is 10.3 Å². The Labute approximate surface area is 122 Å². The maximum absolute atomic E-state index is 11.9. The number of hydrogen-bond acceptors (Lipinski definition) is 4. The topological polar surface area (TPSA) is 53.9 Å². The molecule has 0 radical (unpaired) electrons. The van der Waals surface area contributed by atoms with Crippen LogP contribution in [0.4, 0.5) is 4.79 Å². The zero-order valence-corrected chi connectivity index (χ0v) is 11.9. The number of hydrogen-bond donors (Lipinski definition) is 1. The fourth-order valence-corrected chi connectivity index (χ4v) is 2.36. The molecule has 2 heterocycles. The molecule has 1 unspecified atom stereocenters. The van der Waals surface area contributed by atoms with Gasteiger partial charge in [0.1, 0.15) is 11.8 Å². The highest BCUT2D eigenvalue weighted by Gasteiger charge is 2.30. The normalized spacial score (nSPS) is 22.9. The molecule has 20 heavy (non-hydrogen) atoms. The minimum absolute atomic E-state index is 0. The lowest BCUT2D eigenvalue weighted by atomic mass is 9.94. The number of amides is 1. The van der Waals surface area contributed by atoms with Crippen molar-refractivity contribution in [1.29, 1.82) is 0 Å². The fraction of sp³-hybridized carbons (Fsp3) is 0.733. The van der Waals surface area contributed by atoms with E-state index < -0.39 is 5.60 Å². The van der Waals surface area contributed by atoms with Crippen LogP contribution in [0.5, 0.6) is 0 Å². The van der Waals surface area contributed by atoms with Crippen LogP contribution in [0.2, 0.25) is 0 Å². The number of nitrogens with one attached hydrogen (secondary N) is 1. The van der Waals surface area contributed by atoms with Crippen LogP contribution in [0.15, 0.2) is 17.3 Å². The SMILES string of the molecule is C.CC(C)(C)OC(=O)N1CCC(C2N=CC=CN2)CC1. The van der Waals surface area contributed by atoms with E-state index >= 15 is 0 Å². The van der Waals surface area contributed by atoms with Crippen molar-refractivity contribution in [1.82, 2.24) is 10.2 Å². The zero-order valence-electron chi connectivity index (χ0n) is 11.9. The molecule has 0 bridgehead atoms. The Morgan fingerprint density at radius 1 is 1.35 bits per heavy atom. The molecule has 0 aliphatic carbocycles. The monoisotopic (exact) mass is 281 g/mol. The van der Waals surface area contributed by atoms with Gasteiger partial charge in [-0.15, -0.1) is 0 Å². The lowest BCUT2D eigenvalue weighted by molar-refractivity contribution is 0.0172. The number of ether oxygens (including phenoxy) is 1. The minimum atomic E-state index is -0.423. The molecular weight excluding hydrogens is 254 g/mol. The molecule has 0 aromatic rings. The van der Waals surface area contributed by atoms with E-state index in [4.69, 9.17) is 4.74 Å². The molecule has 0 saturated carbocycles. The summed E-state index contributed by atoms with van der Waals surface area (Å²) in [6.07, 6.45) is 7.53. The largest absolute Gasteiger partial charge is 0.444 e. The third-order valence-electron chi connectivity index (χ3n) is 3.33. The van der Waals surface area contributed by atoms with E-state index in [-0.39, 0.29) is 19.7 Å². The summed E-state index contributed by atoms with van der Waals surface area (Å²) in [6.45, 7) is 7.17. The van der Waals surface area contributed by atoms with Crippen molar-refractivity contribution in [3.63, 3.8) is 0 Å². The Kier molecular flexibility index (Phi) is 5.60. The summed E-state index contributed by atoms with van der Waals surface area (Å²) in [5.74, 6) is 0.486. The van der Waals surface area contributed by atoms with Crippen LogP contribution in [-0.4, -0.2) is 42.1 Å². The number of carbonyl (C=O) groups is 1. The number of nitrogens with zero attached hydrogens (tertiary/aromatic N) is 2. The predicted octanol–water partition coefficient (Wildman–Crippen LogP) is 2.78. The number of carbonyl (C=O) groups excluding carboxylic acids is 1. The molecule has 1 amide bonds. The molecule has 1 fully saturated rings. The van der Waals surface area contributed by atoms with Crippen LogP contribution < -0.4 is 5.32 Å². The lowest BCUT2D eigenvalue weighted by Gasteiger charge is -2.35. The highest BCUT2D eigenvalue weighted by Crippen LogP contribution is 2.23. The lowest BCUT2D eigenvalue weighted by Crippen LogP contribution is -2.45. The van der Waals surface area contributed by atoms with E-state index in [1.54, 1.807) is 4.90 Å². The average molecular weight is 281 g/mol. The van der Waals surface area contributed by atoms with Gasteiger partial charge in [-0.2, -0.15) is 0 Å². The number of rotatable bonds is 1. The standard InChI is InChI=1S/C14H23N3O2.CH4/c1-14(2,3)19-13(18)17-9-5-11(6-10-17)12-15-7-4-8-16-12;/h4,7-8,11-12,15H,5-6,9-10H2,1-3H3;1H4. The van der Waals surface area contributed by atoms with E-state index in [0.717, 1.165) is 25.9 Å². The Morgan fingerprint density at radius 3 is 2.50 bits per heavy atom. The first-order chi connectivity index (χ1) is 8.96. The van der Waals surface area contributed by atoms with Gasteiger partial charge in [-0.3, -0.25) is 4.99 Å². The molecular formula is C15H27N3O2. The van der Waals surface area contributed by atoms with Gasteiger partial charge in [0.05, 0.1) is 0 Å². The van der Waals surface area contributed by atoms with Crippen LogP contribution in [0, 0.1) is 5.92 Å². The molecule has 0 aromatic heterocycles. The molecule has 2 aliphatic rings. The van der Waals surface area contributed by atoms with Crippen molar-refractivity contribution in [2.75, 3.05) is 13.1 Å². The average Bonchev–Trinajstić information content (AvgIpc) is 2.38. The van der Waals surface area contributed by atoms with Gasteiger partial charge in [-0.25, -0.2) is 4.79 Å². The van der Waals surface area contributed by atoms with Gasteiger partial charge in [0.15, 0.2) is 0 Å². The molecule has 2 aliphatic heterocycles. The third kappa shape index (κ3) is 4.54. The van der Waals surface area contributed by atoms with Crippen molar-refractivity contribution in [3.05, 3.63) is 12.3 Å². The van der Waals surface area contributed by atoms with Gasteiger partial charge < -0.3 is 15.0 Å². The Hall–Kier alpha value is -1.52. The van der Waals surface area contributed by atoms with Crippen LogP contribution in [-0.2, 0) is 4.74 Å². The third-order valence-corrected chi connectivity index (χ3v) is 3.33. The van der Waals surface area contributed by atoms with Crippen LogP contribution in [0.3, 0.4) is 0 Å². The predicted molar refractivity (Wildman–Crippen MR) is 81.8 cm³/mol. The first-order valence-electron chi connectivity index (χ1n) is 6.88. The van der Waals surface area contributed by atoms with Crippen LogP contribution >= 0.6 is 0 Å². The van der Waals surface area contributed by atoms with Crippen LogP contribution in [0.1, 0.15) is 41.0 Å². The number of piperidine rings is 1. The molecule has 0 spiro atoms. The second-order valence-electron chi connectivity index (χ2n) is 6.07. The van der Waals surface area contributed by atoms with Gasteiger partial charge in [-0.05, 0) is 45.9 Å². The van der Waals surface area contributed by atoms with Gasteiger partial charge >= 0.3 is 6.09 Å². The van der Waals surface area contributed by atoms with Crippen LogP contribution in [0.25, 0.3) is 0 Å². The molecule has 1 atom stereocenters. The number of aliphatic imine (C=N–C) groups is 1. The molecule has 1 saturated heterocycles. The van der Waals surface area contributed by atoms with E-state index in [9.17, 15) is 4.79 Å². The first-order valence-corrected chi connectivity index (χ1v) is 6.88. The van der Waals surface area contributed by atoms with Gasteiger partial charge in [-0.1, -0.05) is 7.43 Å². The molecule has 114 valence electrons. The summed E-state index contributed by atoms with van der Waals surface area (Å²) in [5, 5.41) is 3.26. The van der Waals surface area contributed by atoms with Gasteiger partial charge in [0.25, 0.3) is 0 Å². The fourth-order valence-electron chi connectivity index (χ4n) is 2.36. The number of likely N-dealkylation sites (tertiary alicyclic amines) is 1. The second kappa shape index (κ2) is 6.77. The van der Waals surface area contributed by atoms with Crippen molar-refractivity contribution in [3.8, 4) is 0 Å². The summed E-state index contributed by atoms with van der Waals surface area (Å²) in [5.41, 5.74) is -0.423. The maximum atomic E-state index is 11.9. The summed E-state index contributed by atoms with van der Waals surface area (Å²) in [7, 11) is 0. The quantitative estimate of drug-likeness (QED) is 0.804. The second-order valence-corrected chi connectivity index (χ2v) is 6.07. The van der Waals surface area contributed by atoms with Crippen molar-refractivity contribution < 1.29 is 9.53 Å². The summed E-state index contributed by atoms with van der Waals surface area (Å²) in [4.78, 5) is 18.2. The molecule has 5 heteroatoms. The van der Waals surface area contributed by atoms with E-state index in [1.807, 2.05) is 39.3 Å².